The Morgan fingerprint density at radius 2 is 2.05 bits per heavy atom. The Hall–Kier alpha value is -2.04. The van der Waals surface area contributed by atoms with Crippen LogP contribution in [0.2, 0.25) is 0 Å². The standard InChI is InChI=1S/C16H23NO4/c1-4-5-6-9-17-15(18)12(3)21-14-8-7-11(2)10-13(14)16(19)20/h7-8,10,12H,4-6,9H2,1-3H3,(H,17,18)(H,19,20). The van der Waals surface area contributed by atoms with Crippen molar-refractivity contribution in [3.05, 3.63) is 29.3 Å². The fraction of sp³-hybridized carbons (Fsp3) is 0.500. The molecule has 0 saturated carbocycles. The highest BCUT2D eigenvalue weighted by molar-refractivity contribution is 5.91. The van der Waals surface area contributed by atoms with Gasteiger partial charge >= 0.3 is 5.97 Å². The van der Waals surface area contributed by atoms with Gasteiger partial charge in [0, 0.05) is 6.54 Å². The lowest BCUT2D eigenvalue weighted by molar-refractivity contribution is -0.127. The van der Waals surface area contributed by atoms with E-state index in [9.17, 15) is 9.59 Å². The molecule has 1 atom stereocenters. The SMILES string of the molecule is CCCCCNC(=O)C(C)Oc1ccc(C)cc1C(=O)O. The second kappa shape index (κ2) is 8.29. The van der Waals surface area contributed by atoms with Crippen LogP contribution in [0.25, 0.3) is 0 Å². The average Bonchev–Trinajstić information content (AvgIpc) is 2.44. The number of ether oxygens (including phenoxy) is 1. The number of rotatable bonds is 8. The van der Waals surface area contributed by atoms with Crippen molar-refractivity contribution in [2.24, 2.45) is 0 Å². The summed E-state index contributed by atoms with van der Waals surface area (Å²) in [5.74, 6) is -1.09. The number of carboxylic acids is 1. The molecule has 1 rings (SSSR count). The molecular weight excluding hydrogens is 270 g/mol. The van der Waals surface area contributed by atoms with Gasteiger partial charge in [-0.2, -0.15) is 0 Å². The summed E-state index contributed by atoms with van der Waals surface area (Å²) >= 11 is 0. The molecule has 0 fully saturated rings. The molecule has 2 N–H and O–H groups in total. The first-order valence-corrected chi connectivity index (χ1v) is 7.24. The normalized spacial score (nSPS) is 11.8. The second-order valence-electron chi connectivity index (χ2n) is 5.06. The fourth-order valence-electron chi connectivity index (χ4n) is 1.89. The van der Waals surface area contributed by atoms with Crippen LogP contribution in [0.5, 0.6) is 5.75 Å². The molecule has 21 heavy (non-hydrogen) atoms. The predicted octanol–water partition coefficient (Wildman–Crippen LogP) is 2.77. The third kappa shape index (κ3) is 5.45. The monoisotopic (exact) mass is 293 g/mol. The van der Waals surface area contributed by atoms with Crippen molar-refractivity contribution in [1.82, 2.24) is 5.32 Å². The van der Waals surface area contributed by atoms with Gasteiger partial charge in [-0.05, 0) is 32.4 Å². The van der Waals surface area contributed by atoms with Gasteiger partial charge in [0.05, 0.1) is 0 Å². The Balaban J connectivity index is 2.63. The van der Waals surface area contributed by atoms with Gasteiger partial charge in [-0.1, -0.05) is 31.4 Å². The maximum Gasteiger partial charge on any atom is 0.339 e. The van der Waals surface area contributed by atoms with Crippen molar-refractivity contribution in [3.63, 3.8) is 0 Å². The van der Waals surface area contributed by atoms with Crippen molar-refractivity contribution < 1.29 is 19.4 Å². The quantitative estimate of drug-likeness (QED) is 0.723. The molecule has 0 spiro atoms. The first-order chi connectivity index (χ1) is 9.95. The van der Waals surface area contributed by atoms with Crippen LogP contribution in [0.4, 0.5) is 0 Å². The zero-order valence-corrected chi connectivity index (χ0v) is 12.8. The van der Waals surface area contributed by atoms with E-state index in [0.717, 1.165) is 24.8 Å². The number of hydrogen-bond acceptors (Lipinski definition) is 3. The molecule has 1 aromatic rings. The number of nitrogens with one attached hydrogen (secondary N) is 1. The Morgan fingerprint density at radius 1 is 1.33 bits per heavy atom. The molecule has 1 unspecified atom stereocenters. The summed E-state index contributed by atoms with van der Waals surface area (Å²) < 4.78 is 5.49. The van der Waals surface area contributed by atoms with Crippen molar-refractivity contribution >= 4 is 11.9 Å². The number of carbonyl (C=O) groups is 2. The molecule has 0 aliphatic heterocycles. The van der Waals surface area contributed by atoms with E-state index >= 15 is 0 Å². The van der Waals surface area contributed by atoms with Gasteiger partial charge in [0.25, 0.3) is 5.91 Å². The lowest BCUT2D eigenvalue weighted by Crippen LogP contribution is -2.37. The Bertz CT molecular complexity index is 499. The first-order valence-electron chi connectivity index (χ1n) is 7.24. The minimum absolute atomic E-state index is 0.0700. The molecule has 116 valence electrons. The van der Waals surface area contributed by atoms with E-state index in [1.807, 2.05) is 0 Å². The van der Waals surface area contributed by atoms with Crippen LogP contribution in [0.1, 0.15) is 49.0 Å². The molecule has 5 heteroatoms. The van der Waals surface area contributed by atoms with Crippen LogP contribution in [0.15, 0.2) is 18.2 Å². The highest BCUT2D eigenvalue weighted by Crippen LogP contribution is 2.21. The lowest BCUT2D eigenvalue weighted by Gasteiger charge is -2.16. The number of carboxylic acid groups (broad SMARTS) is 1. The molecule has 0 bridgehead atoms. The zero-order valence-electron chi connectivity index (χ0n) is 12.8. The number of aryl methyl sites for hydroxylation is 1. The number of unbranched alkanes of at least 4 members (excludes halogenated alkanes) is 2. The summed E-state index contributed by atoms with van der Waals surface area (Å²) in [6.45, 7) is 6.12. The summed E-state index contributed by atoms with van der Waals surface area (Å²) in [6.07, 6.45) is 2.36. The Morgan fingerprint density at radius 3 is 2.67 bits per heavy atom. The Labute approximate surface area is 125 Å². The maximum atomic E-state index is 11.9. The number of aromatic carboxylic acids is 1. The van der Waals surface area contributed by atoms with E-state index in [-0.39, 0.29) is 17.2 Å². The molecule has 0 aromatic heterocycles. The number of carbonyl (C=O) groups excluding carboxylic acids is 1. The largest absolute Gasteiger partial charge is 0.480 e. The highest BCUT2D eigenvalue weighted by Gasteiger charge is 2.18. The predicted molar refractivity (Wildman–Crippen MR) is 80.8 cm³/mol. The molecule has 0 radical (unpaired) electrons. The van der Waals surface area contributed by atoms with Crippen LogP contribution in [-0.2, 0) is 4.79 Å². The van der Waals surface area contributed by atoms with Gasteiger partial charge < -0.3 is 15.2 Å². The molecule has 5 nitrogen and oxygen atoms in total. The number of benzene rings is 1. The maximum absolute atomic E-state index is 11.9. The van der Waals surface area contributed by atoms with Gasteiger partial charge in [0.1, 0.15) is 11.3 Å². The molecule has 1 aromatic carbocycles. The third-order valence-corrected chi connectivity index (χ3v) is 3.12. The van der Waals surface area contributed by atoms with E-state index in [4.69, 9.17) is 9.84 Å². The van der Waals surface area contributed by atoms with E-state index in [1.165, 1.54) is 6.07 Å². The average molecular weight is 293 g/mol. The molecule has 0 aliphatic carbocycles. The zero-order chi connectivity index (χ0) is 15.8. The first kappa shape index (κ1) is 17.0. The summed E-state index contributed by atoms with van der Waals surface area (Å²) in [4.78, 5) is 23.1. The molecule has 1 amide bonds. The van der Waals surface area contributed by atoms with Crippen molar-refractivity contribution in [3.8, 4) is 5.75 Å². The summed E-state index contributed by atoms with van der Waals surface area (Å²) in [7, 11) is 0. The van der Waals surface area contributed by atoms with Crippen LogP contribution in [0.3, 0.4) is 0 Å². The van der Waals surface area contributed by atoms with E-state index < -0.39 is 12.1 Å². The summed E-state index contributed by atoms with van der Waals surface area (Å²) in [6, 6.07) is 4.87. The van der Waals surface area contributed by atoms with Gasteiger partial charge in [-0.25, -0.2) is 4.79 Å². The van der Waals surface area contributed by atoms with E-state index in [1.54, 1.807) is 26.0 Å². The summed E-state index contributed by atoms with van der Waals surface area (Å²) in [5.41, 5.74) is 0.900. The minimum Gasteiger partial charge on any atom is -0.480 e. The lowest BCUT2D eigenvalue weighted by atomic mass is 10.1. The van der Waals surface area contributed by atoms with Gasteiger partial charge in [0.15, 0.2) is 6.10 Å². The Kier molecular flexibility index (Phi) is 6.72. The van der Waals surface area contributed by atoms with Gasteiger partial charge in [0.2, 0.25) is 0 Å². The van der Waals surface area contributed by atoms with Crippen molar-refractivity contribution in [1.29, 1.82) is 0 Å². The smallest absolute Gasteiger partial charge is 0.339 e. The second-order valence-corrected chi connectivity index (χ2v) is 5.06. The molecular formula is C16H23NO4. The van der Waals surface area contributed by atoms with E-state index in [2.05, 4.69) is 12.2 Å². The number of amides is 1. The van der Waals surface area contributed by atoms with Gasteiger partial charge in [-0.15, -0.1) is 0 Å². The van der Waals surface area contributed by atoms with Crippen LogP contribution < -0.4 is 10.1 Å². The van der Waals surface area contributed by atoms with Crippen LogP contribution in [-0.4, -0.2) is 29.6 Å². The van der Waals surface area contributed by atoms with Gasteiger partial charge in [-0.3, -0.25) is 4.79 Å². The minimum atomic E-state index is -1.07. The third-order valence-electron chi connectivity index (χ3n) is 3.12. The molecule has 0 heterocycles. The van der Waals surface area contributed by atoms with Crippen LogP contribution >= 0.6 is 0 Å². The van der Waals surface area contributed by atoms with Crippen molar-refractivity contribution in [2.45, 2.75) is 46.1 Å². The van der Waals surface area contributed by atoms with E-state index in [0.29, 0.717) is 6.54 Å². The van der Waals surface area contributed by atoms with Crippen molar-refractivity contribution in [2.75, 3.05) is 6.54 Å². The van der Waals surface area contributed by atoms with Crippen LogP contribution in [0, 0.1) is 6.92 Å². The molecule has 0 aliphatic rings. The highest BCUT2D eigenvalue weighted by atomic mass is 16.5. The molecule has 0 saturated heterocycles. The topological polar surface area (TPSA) is 75.6 Å². The summed E-state index contributed by atoms with van der Waals surface area (Å²) in [5, 5.41) is 11.9. The number of hydrogen-bond donors (Lipinski definition) is 2. The fourth-order valence-corrected chi connectivity index (χ4v) is 1.89.